The predicted molar refractivity (Wildman–Crippen MR) is 114 cm³/mol. The van der Waals surface area contributed by atoms with E-state index >= 15 is 0 Å². The highest BCUT2D eigenvalue weighted by atomic mass is 16.5. The van der Waals surface area contributed by atoms with Crippen LogP contribution in [0.4, 0.5) is 0 Å². The highest BCUT2D eigenvalue weighted by Crippen LogP contribution is 2.63. The summed E-state index contributed by atoms with van der Waals surface area (Å²) in [7, 11) is 7.56. The molecule has 4 bridgehead atoms. The van der Waals surface area contributed by atoms with Gasteiger partial charge in [0.2, 0.25) is 0 Å². The number of hydrogen-bond acceptors (Lipinski definition) is 4. The van der Waals surface area contributed by atoms with Crippen LogP contribution >= 0.6 is 0 Å². The summed E-state index contributed by atoms with van der Waals surface area (Å²) in [6.45, 7) is 2.77. The van der Waals surface area contributed by atoms with E-state index < -0.39 is 5.41 Å². The minimum Gasteiger partial charge on any atom is -0.495 e. The predicted octanol–water partition coefficient (Wildman–Crippen LogP) is 2.73. The zero-order chi connectivity index (χ0) is 21.4. The van der Waals surface area contributed by atoms with Crippen molar-refractivity contribution in [2.24, 2.45) is 18.4 Å². The second kappa shape index (κ2) is 6.34. The monoisotopic (exact) mass is 411 g/mol. The van der Waals surface area contributed by atoms with Crippen LogP contribution < -0.4 is 4.74 Å². The molecule has 1 aromatic heterocycles. The number of quaternary nitrogens is 1. The minimum atomic E-state index is -0.904. The van der Waals surface area contributed by atoms with Crippen LogP contribution in [0.2, 0.25) is 0 Å². The van der Waals surface area contributed by atoms with Gasteiger partial charge in [-0.1, -0.05) is 18.2 Å². The van der Waals surface area contributed by atoms with Gasteiger partial charge in [0.25, 0.3) is 0 Å². The number of piperidine rings is 3. The molecule has 0 amide bonds. The summed E-state index contributed by atoms with van der Waals surface area (Å²) in [5.74, 6) is 0.600. The van der Waals surface area contributed by atoms with Gasteiger partial charge in [0.1, 0.15) is 29.8 Å². The van der Waals surface area contributed by atoms with Crippen LogP contribution in [0.15, 0.2) is 29.8 Å². The van der Waals surface area contributed by atoms with E-state index in [4.69, 9.17) is 9.47 Å². The quantitative estimate of drug-likeness (QED) is 0.479. The molecule has 6 heteroatoms. The number of aryl methyl sites for hydroxylation is 1. The fourth-order valence-corrected chi connectivity index (χ4v) is 7.25. The average molecular weight is 412 g/mol. The fourth-order valence-electron chi connectivity index (χ4n) is 7.25. The number of hydrogen-bond donors (Lipinski definition) is 1. The third kappa shape index (κ3) is 2.04. The molecule has 1 aromatic carbocycles. The first-order valence-corrected chi connectivity index (χ1v) is 10.7. The number of para-hydroxylation sites is 1. The molecule has 4 aliphatic heterocycles. The normalized spacial score (nSPS) is 35.5. The number of carbonyl (C=O) groups excluding carboxylic acids is 1. The largest absolute Gasteiger partial charge is 0.495 e. The molecule has 6 rings (SSSR count). The lowest BCUT2D eigenvalue weighted by Crippen LogP contribution is -2.77. The van der Waals surface area contributed by atoms with E-state index in [0.717, 1.165) is 35.1 Å². The van der Waals surface area contributed by atoms with Gasteiger partial charge in [0.05, 0.1) is 39.1 Å². The third-order valence-electron chi connectivity index (χ3n) is 8.53. The molecule has 3 fully saturated rings. The van der Waals surface area contributed by atoms with Gasteiger partial charge < -0.3 is 23.6 Å². The SMILES string of the molecule is C/C=C1/C[N+]2(C)C3CC1C(CO)(C(=O)OC)C2Cc1c3n(C)c2c(OC)cccc12. The van der Waals surface area contributed by atoms with Crippen LogP contribution in [-0.4, -0.2) is 60.6 Å². The van der Waals surface area contributed by atoms with Crippen molar-refractivity contribution in [3.8, 4) is 5.75 Å². The average Bonchev–Trinajstić information content (AvgIpc) is 3.04. The Kier molecular flexibility index (Phi) is 4.15. The first-order valence-electron chi connectivity index (χ1n) is 10.7. The van der Waals surface area contributed by atoms with Crippen LogP contribution in [0.5, 0.6) is 5.75 Å². The molecule has 5 atom stereocenters. The Morgan fingerprint density at radius 1 is 1.40 bits per heavy atom. The lowest BCUT2D eigenvalue weighted by molar-refractivity contribution is -0.981. The molecular formula is C24H31N2O4+. The molecule has 6 nitrogen and oxygen atoms in total. The Morgan fingerprint density at radius 3 is 2.80 bits per heavy atom. The topological polar surface area (TPSA) is 60.7 Å². The Labute approximate surface area is 177 Å². The van der Waals surface area contributed by atoms with E-state index in [1.54, 1.807) is 7.11 Å². The van der Waals surface area contributed by atoms with Gasteiger partial charge in [0, 0.05) is 31.2 Å². The van der Waals surface area contributed by atoms with E-state index in [1.807, 2.05) is 19.1 Å². The van der Waals surface area contributed by atoms with E-state index in [2.05, 4.69) is 30.8 Å². The lowest BCUT2D eigenvalue weighted by atomic mass is 9.54. The molecule has 0 radical (unpaired) electrons. The summed E-state index contributed by atoms with van der Waals surface area (Å²) in [6, 6.07) is 6.45. The Bertz CT molecular complexity index is 1090. The first kappa shape index (κ1) is 19.6. The summed E-state index contributed by atoms with van der Waals surface area (Å²) in [4.78, 5) is 13.3. The van der Waals surface area contributed by atoms with Gasteiger partial charge >= 0.3 is 5.97 Å². The number of nitrogens with zero attached hydrogens (tertiary/aromatic N) is 2. The summed E-state index contributed by atoms with van der Waals surface area (Å²) in [6.07, 6.45) is 3.73. The molecule has 160 valence electrons. The lowest BCUT2D eigenvalue weighted by Gasteiger charge is -2.66. The van der Waals surface area contributed by atoms with Crippen molar-refractivity contribution >= 4 is 16.9 Å². The summed E-state index contributed by atoms with van der Waals surface area (Å²) in [5.41, 5.74) is 4.12. The zero-order valence-electron chi connectivity index (χ0n) is 18.4. The summed E-state index contributed by atoms with van der Waals surface area (Å²) >= 11 is 0. The van der Waals surface area contributed by atoms with Crippen molar-refractivity contribution in [2.75, 3.05) is 34.4 Å². The Hall–Kier alpha value is -2.31. The number of benzene rings is 1. The maximum Gasteiger partial charge on any atom is 0.320 e. The zero-order valence-corrected chi connectivity index (χ0v) is 18.4. The molecule has 30 heavy (non-hydrogen) atoms. The molecule has 3 saturated heterocycles. The second-order valence-electron chi connectivity index (χ2n) is 9.36. The van der Waals surface area contributed by atoms with E-state index in [0.29, 0.717) is 0 Å². The van der Waals surface area contributed by atoms with Crippen LogP contribution in [0, 0.1) is 11.3 Å². The number of rotatable bonds is 3. The molecule has 2 aromatic rings. The number of methoxy groups -OCH3 is 2. The molecule has 0 saturated carbocycles. The van der Waals surface area contributed by atoms with Crippen molar-refractivity contribution in [2.45, 2.75) is 31.8 Å². The molecule has 5 unspecified atom stereocenters. The number of ether oxygens (including phenoxy) is 2. The maximum atomic E-state index is 13.3. The maximum absolute atomic E-state index is 13.3. The highest BCUT2D eigenvalue weighted by molar-refractivity contribution is 5.91. The standard InChI is InChI=1S/C24H31N2O4/c1-6-14-12-26(3)18-11-17(14)24(13-27,23(28)30-5)20(26)10-16-15-8-7-9-19(29-4)22(15)25(2)21(16)18/h6-9,17-18,20,27H,10-13H2,1-5H3/q+1/b14-6-. The molecule has 0 spiro atoms. The molecule has 1 N–H and O–H groups in total. The number of allylic oxidation sites excluding steroid dienone is 1. The number of carbonyl (C=O) groups is 1. The summed E-state index contributed by atoms with van der Waals surface area (Å²) < 4.78 is 14.1. The Balaban J connectivity index is 1.81. The molecule has 5 heterocycles. The van der Waals surface area contributed by atoms with E-state index in [1.165, 1.54) is 29.3 Å². The van der Waals surface area contributed by atoms with Gasteiger partial charge in [-0.2, -0.15) is 0 Å². The number of aliphatic hydroxyl groups excluding tert-OH is 1. The number of aromatic nitrogens is 1. The van der Waals surface area contributed by atoms with Crippen LogP contribution in [-0.2, 0) is 23.0 Å². The fraction of sp³-hybridized carbons (Fsp3) is 0.542. The molecule has 0 aliphatic carbocycles. The Morgan fingerprint density at radius 2 is 2.17 bits per heavy atom. The number of likely N-dealkylation sites (N-methyl/N-ethyl adjacent to an activating group) is 1. The first-order chi connectivity index (χ1) is 14.4. The van der Waals surface area contributed by atoms with Crippen LogP contribution in [0.1, 0.15) is 30.6 Å². The smallest absolute Gasteiger partial charge is 0.320 e. The summed E-state index contributed by atoms with van der Waals surface area (Å²) in [5, 5.41) is 11.9. The number of fused-ring (bicyclic) bond motifs is 4. The van der Waals surface area contributed by atoms with E-state index in [-0.39, 0.29) is 30.6 Å². The van der Waals surface area contributed by atoms with Crippen molar-refractivity contribution < 1.29 is 23.9 Å². The van der Waals surface area contributed by atoms with Gasteiger partial charge in [0.15, 0.2) is 0 Å². The number of aliphatic hydroxyl groups is 1. The van der Waals surface area contributed by atoms with Crippen LogP contribution in [0.25, 0.3) is 10.9 Å². The van der Waals surface area contributed by atoms with Gasteiger partial charge in [-0.15, -0.1) is 0 Å². The van der Waals surface area contributed by atoms with Crippen molar-refractivity contribution in [3.05, 3.63) is 41.1 Å². The van der Waals surface area contributed by atoms with Gasteiger partial charge in [-0.05, 0) is 24.1 Å². The van der Waals surface area contributed by atoms with Gasteiger partial charge in [-0.3, -0.25) is 4.79 Å². The van der Waals surface area contributed by atoms with Crippen molar-refractivity contribution in [1.82, 2.24) is 4.57 Å². The number of esters is 1. The molecule has 4 aliphatic rings. The highest BCUT2D eigenvalue weighted by Gasteiger charge is 2.72. The third-order valence-corrected chi connectivity index (χ3v) is 8.53. The minimum absolute atomic E-state index is 0.00274. The van der Waals surface area contributed by atoms with Gasteiger partial charge in [-0.25, -0.2) is 0 Å². The molecular weight excluding hydrogens is 380 g/mol. The second-order valence-corrected chi connectivity index (χ2v) is 9.36. The van der Waals surface area contributed by atoms with Crippen molar-refractivity contribution in [3.63, 3.8) is 0 Å². The van der Waals surface area contributed by atoms with E-state index in [9.17, 15) is 9.90 Å². The van der Waals surface area contributed by atoms with Crippen LogP contribution in [0.3, 0.4) is 0 Å². The van der Waals surface area contributed by atoms with Crippen molar-refractivity contribution in [1.29, 1.82) is 0 Å².